The number of carbonyl (C=O) groups excluding carboxylic acids is 3. The molecule has 27 heavy (non-hydrogen) atoms. The number of hydrogen-bond acceptors (Lipinski definition) is 4. The zero-order valence-electron chi connectivity index (χ0n) is 16.1. The second-order valence-corrected chi connectivity index (χ2v) is 7.82. The van der Waals surface area contributed by atoms with Crippen molar-refractivity contribution in [2.75, 3.05) is 19.6 Å². The fourth-order valence-electron chi connectivity index (χ4n) is 2.12. The molecule has 3 amide bonds. The van der Waals surface area contributed by atoms with Gasteiger partial charge in [0, 0.05) is 36.9 Å². The molecule has 0 radical (unpaired) electrons. The quantitative estimate of drug-likeness (QED) is 0.512. The molecule has 3 N–H and O–H groups in total. The molecule has 1 aromatic rings. The van der Waals surface area contributed by atoms with E-state index in [0.717, 1.165) is 10.0 Å². The van der Waals surface area contributed by atoms with Gasteiger partial charge in [0.2, 0.25) is 11.8 Å². The molecule has 0 spiro atoms. The number of ether oxygens (including phenoxy) is 1. The van der Waals surface area contributed by atoms with Crippen molar-refractivity contribution in [1.82, 2.24) is 16.0 Å². The Hall–Kier alpha value is -2.09. The average Bonchev–Trinajstić information content (AvgIpc) is 2.56. The van der Waals surface area contributed by atoms with Gasteiger partial charge in [-0.15, -0.1) is 0 Å². The van der Waals surface area contributed by atoms with E-state index in [1.54, 1.807) is 20.8 Å². The Morgan fingerprint density at radius 1 is 0.926 bits per heavy atom. The van der Waals surface area contributed by atoms with Crippen LogP contribution in [-0.2, 0) is 20.7 Å². The lowest BCUT2D eigenvalue weighted by atomic mass is 10.1. The lowest BCUT2D eigenvalue weighted by Crippen LogP contribution is -2.37. The third kappa shape index (κ3) is 11.3. The molecule has 0 aliphatic heterocycles. The van der Waals surface area contributed by atoms with Crippen LogP contribution in [0.15, 0.2) is 28.7 Å². The summed E-state index contributed by atoms with van der Waals surface area (Å²) >= 11 is 3.46. The molecule has 0 heterocycles. The molecule has 0 saturated carbocycles. The maximum atomic E-state index is 11.8. The molecule has 1 rings (SSSR count). The monoisotopic (exact) mass is 441 g/mol. The summed E-state index contributed by atoms with van der Waals surface area (Å²) in [5.74, 6) is -0.264. The minimum atomic E-state index is -0.568. The highest BCUT2D eigenvalue weighted by Crippen LogP contribution is 2.17. The minimum absolute atomic E-state index is 0.0633. The average molecular weight is 442 g/mol. The topological polar surface area (TPSA) is 96.5 Å². The van der Waals surface area contributed by atoms with Crippen molar-refractivity contribution in [3.05, 3.63) is 34.3 Å². The van der Waals surface area contributed by atoms with Gasteiger partial charge in [0.1, 0.15) is 5.60 Å². The van der Waals surface area contributed by atoms with E-state index in [1.165, 1.54) is 0 Å². The molecule has 0 unspecified atom stereocenters. The second kappa shape index (κ2) is 11.6. The third-order valence-electron chi connectivity index (χ3n) is 3.37. The first-order valence-electron chi connectivity index (χ1n) is 8.91. The molecule has 0 bridgehead atoms. The minimum Gasteiger partial charge on any atom is -0.444 e. The van der Waals surface area contributed by atoms with Gasteiger partial charge in [0.15, 0.2) is 0 Å². The first-order valence-corrected chi connectivity index (χ1v) is 9.70. The van der Waals surface area contributed by atoms with E-state index in [2.05, 4.69) is 31.9 Å². The molecule has 0 aliphatic carbocycles. The van der Waals surface area contributed by atoms with E-state index >= 15 is 0 Å². The normalized spacial score (nSPS) is 10.8. The number of nitrogens with one attached hydrogen (secondary N) is 3. The van der Waals surface area contributed by atoms with Crippen molar-refractivity contribution in [3.8, 4) is 0 Å². The lowest BCUT2D eigenvalue weighted by Gasteiger charge is -2.19. The zero-order valence-corrected chi connectivity index (χ0v) is 17.6. The predicted octanol–water partition coefficient (Wildman–Crippen LogP) is 2.53. The number of rotatable bonds is 9. The molecule has 0 aliphatic rings. The van der Waals surface area contributed by atoms with Crippen molar-refractivity contribution in [2.24, 2.45) is 0 Å². The molecule has 1 aromatic carbocycles. The van der Waals surface area contributed by atoms with Crippen LogP contribution >= 0.6 is 15.9 Å². The first-order chi connectivity index (χ1) is 12.7. The van der Waals surface area contributed by atoms with Gasteiger partial charge in [0.05, 0.1) is 0 Å². The van der Waals surface area contributed by atoms with Gasteiger partial charge >= 0.3 is 6.09 Å². The maximum absolute atomic E-state index is 11.8. The van der Waals surface area contributed by atoms with Crippen LogP contribution in [0.25, 0.3) is 0 Å². The van der Waals surface area contributed by atoms with Crippen LogP contribution in [0.2, 0.25) is 0 Å². The largest absolute Gasteiger partial charge is 0.444 e. The lowest BCUT2D eigenvalue weighted by molar-refractivity contribution is -0.122. The molecular formula is C19H28BrN3O4. The molecule has 8 heteroatoms. The SMILES string of the molecule is CC(C)(C)OC(=O)NCCC(=O)NCCNC(=O)CCc1ccccc1Br. The number of alkyl carbamates (subject to hydrolysis) is 1. The Morgan fingerprint density at radius 2 is 1.52 bits per heavy atom. The maximum Gasteiger partial charge on any atom is 0.407 e. The highest BCUT2D eigenvalue weighted by molar-refractivity contribution is 9.10. The van der Waals surface area contributed by atoms with Crippen molar-refractivity contribution < 1.29 is 19.1 Å². The zero-order chi connectivity index (χ0) is 20.3. The van der Waals surface area contributed by atoms with Gasteiger partial charge in [-0.2, -0.15) is 0 Å². The van der Waals surface area contributed by atoms with Gasteiger partial charge in [-0.3, -0.25) is 9.59 Å². The van der Waals surface area contributed by atoms with E-state index in [4.69, 9.17) is 4.74 Å². The summed E-state index contributed by atoms with van der Waals surface area (Å²) in [4.78, 5) is 35.0. The number of halogens is 1. The molecule has 0 atom stereocenters. The van der Waals surface area contributed by atoms with Crippen LogP contribution in [0.5, 0.6) is 0 Å². The number of carbonyl (C=O) groups is 3. The van der Waals surface area contributed by atoms with E-state index in [9.17, 15) is 14.4 Å². The van der Waals surface area contributed by atoms with Gasteiger partial charge in [-0.1, -0.05) is 34.1 Å². The van der Waals surface area contributed by atoms with Crippen molar-refractivity contribution in [2.45, 2.75) is 45.6 Å². The van der Waals surface area contributed by atoms with Crippen molar-refractivity contribution in [1.29, 1.82) is 0 Å². The first kappa shape index (κ1) is 23.0. The van der Waals surface area contributed by atoms with Gasteiger partial charge in [-0.05, 0) is 38.8 Å². The molecule has 0 aromatic heterocycles. The highest BCUT2D eigenvalue weighted by atomic mass is 79.9. The van der Waals surface area contributed by atoms with E-state index in [-0.39, 0.29) is 24.8 Å². The summed E-state index contributed by atoms with van der Waals surface area (Å²) in [6, 6.07) is 7.79. The molecule has 0 saturated heterocycles. The van der Waals surface area contributed by atoms with Crippen LogP contribution in [0, 0.1) is 0 Å². The fraction of sp³-hybridized carbons (Fsp3) is 0.526. The summed E-state index contributed by atoms with van der Waals surface area (Å²) in [5, 5.41) is 7.98. The van der Waals surface area contributed by atoms with Crippen molar-refractivity contribution >= 4 is 33.8 Å². The van der Waals surface area contributed by atoms with Crippen LogP contribution in [0.1, 0.15) is 39.2 Å². The number of hydrogen-bond donors (Lipinski definition) is 3. The molecule has 0 fully saturated rings. The summed E-state index contributed by atoms with van der Waals surface area (Å²) in [6.07, 6.45) is 0.634. The van der Waals surface area contributed by atoms with Crippen LogP contribution in [0.3, 0.4) is 0 Å². The highest BCUT2D eigenvalue weighted by Gasteiger charge is 2.15. The fourth-order valence-corrected chi connectivity index (χ4v) is 2.61. The second-order valence-electron chi connectivity index (χ2n) is 6.97. The standard InChI is InChI=1S/C19H28BrN3O4/c1-19(2,3)27-18(26)23-11-10-17(25)22-13-12-21-16(24)9-8-14-6-4-5-7-15(14)20/h4-7H,8-13H2,1-3H3,(H,21,24)(H,22,25)(H,23,26). The Morgan fingerprint density at radius 3 is 2.11 bits per heavy atom. The third-order valence-corrected chi connectivity index (χ3v) is 4.14. The summed E-state index contributed by atoms with van der Waals surface area (Å²) in [5.41, 5.74) is 0.514. The van der Waals surface area contributed by atoms with E-state index in [0.29, 0.717) is 25.9 Å². The number of benzene rings is 1. The number of amides is 3. The predicted molar refractivity (Wildman–Crippen MR) is 107 cm³/mol. The van der Waals surface area contributed by atoms with Crippen LogP contribution in [0.4, 0.5) is 4.79 Å². The Labute approximate surface area is 168 Å². The summed E-state index contributed by atoms with van der Waals surface area (Å²) in [6.45, 7) is 6.20. The molecule has 7 nitrogen and oxygen atoms in total. The van der Waals surface area contributed by atoms with Gasteiger partial charge in [0.25, 0.3) is 0 Å². The Kier molecular flexibility index (Phi) is 9.85. The van der Waals surface area contributed by atoms with Crippen LogP contribution in [-0.4, -0.2) is 43.1 Å². The van der Waals surface area contributed by atoms with Crippen LogP contribution < -0.4 is 16.0 Å². The summed E-state index contributed by atoms with van der Waals surface area (Å²) in [7, 11) is 0. The number of aryl methyl sites for hydroxylation is 1. The smallest absolute Gasteiger partial charge is 0.407 e. The van der Waals surface area contributed by atoms with Gasteiger partial charge < -0.3 is 20.7 Å². The molecule has 150 valence electrons. The Bertz CT molecular complexity index is 644. The van der Waals surface area contributed by atoms with Crippen molar-refractivity contribution in [3.63, 3.8) is 0 Å². The summed E-state index contributed by atoms with van der Waals surface area (Å²) < 4.78 is 6.07. The van der Waals surface area contributed by atoms with Gasteiger partial charge in [-0.25, -0.2) is 4.79 Å². The Balaban J connectivity index is 2.08. The molecular weight excluding hydrogens is 414 g/mol. The van der Waals surface area contributed by atoms with E-state index < -0.39 is 11.7 Å². The van der Waals surface area contributed by atoms with E-state index in [1.807, 2.05) is 24.3 Å².